The third kappa shape index (κ3) is 3.54. The minimum Gasteiger partial charge on any atom is -0.358 e. The summed E-state index contributed by atoms with van der Waals surface area (Å²) in [6.45, 7) is 2.05. The summed E-state index contributed by atoms with van der Waals surface area (Å²) in [7, 11) is 0. The molecule has 152 valence electrons. The number of nitrogens with zero attached hydrogens (tertiary/aromatic N) is 3. The molecule has 2 aliphatic heterocycles. The van der Waals surface area contributed by atoms with Crippen LogP contribution in [-0.2, 0) is 17.9 Å². The fourth-order valence-corrected chi connectivity index (χ4v) is 4.20. The zero-order valence-corrected chi connectivity index (χ0v) is 16.5. The monoisotopic (exact) mass is 401 g/mol. The van der Waals surface area contributed by atoms with E-state index >= 15 is 0 Å². The standard InChI is InChI=1S/C23H23N5O2/c29-22(24-14-16-4-6-17(7-5-16)15-27-11-2-10-25-27)18-8-9-20-19(13-18)26-23(30)21-3-1-12-28(20)21/h2,4-11,13,21H,1,3,12,14-15H2,(H,24,29)(H,26,30)/t21-/m1/s1. The van der Waals surface area contributed by atoms with Gasteiger partial charge in [0.15, 0.2) is 0 Å². The molecule has 0 unspecified atom stereocenters. The van der Waals surface area contributed by atoms with Gasteiger partial charge in [0, 0.05) is 31.0 Å². The summed E-state index contributed by atoms with van der Waals surface area (Å²) in [6, 6.07) is 15.5. The van der Waals surface area contributed by atoms with Gasteiger partial charge in [-0.15, -0.1) is 0 Å². The van der Waals surface area contributed by atoms with E-state index in [0.29, 0.717) is 17.8 Å². The van der Waals surface area contributed by atoms with Gasteiger partial charge in [-0.3, -0.25) is 14.3 Å². The van der Waals surface area contributed by atoms with Gasteiger partial charge in [-0.25, -0.2) is 0 Å². The summed E-state index contributed by atoms with van der Waals surface area (Å²) >= 11 is 0. The molecule has 5 rings (SSSR count). The summed E-state index contributed by atoms with van der Waals surface area (Å²) < 4.78 is 1.87. The van der Waals surface area contributed by atoms with Gasteiger partial charge in [0.05, 0.1) is 17.9 Å². The Labute approximate surface area is 174 Å². The van der Waals surface area contributed by atoms with Gasteiger partial charge in [-0.2, -0.15) is 5.10 Å². The van der Waals surface area contributed by atoms with Gasteiger partial charge in [-0.1, -0.05) is 24.3 Å². The van der Waals surface area contributed by atoms with Crippen molar-refractivity contribution in [2.75, 3.05) is 16.8 Å². The Hall–Kier alpha value is -3.61. The van der Waals surface area contributed by atoms with Gasteiger partial charge < -0.3 is 15.5 Å². The zero-order chi connectivity index (χ0) is 20.5. The van der Waals surface area contributed by atoms with Gasteiger partial charge in [-0.05, 0) is 48.2 Å². The molecule has 0 spiro atoms. The van der Waals surface area contributed by atoms with E-state index in [1.165, 1.54) is 0 Å². The fourth-order valence-electron chi connectivity index (χ4n) is 4.20. The lowest BCUT2D eigenvalue weighted by Crippen LogP contribution is -2.44. The van der Waals surface area contributed by atoms with Crippen LogP contribution in [0.3, 0.4) is 0 Å². The van der Waals surface area contributed by atoms with Crippen molar-refractivity contribution in [3.8, 4) is 0 Å². The first-order valence-corrected chi connectivity index (χ1v) is 10.2. The van der Waals surface area contributed by atoms with Crippen molar-refractivity contribution in [1.29, 1.82) is 0 Å². The summed E-state index contributed by atoms with van der Waals surface area (Å²) in [5, 5.41) is 10.1. The molecule has 3 heterocycles. The predicted octanol–water partition coefficient (Wildman–Crippen LogP) is 2.78. The molecule has 2 aromatic carbocycles. The summed E-state index contributed by atoms with van der Waals surface area (Å²) in [6.07, 6.45) is 5.59. The molecule has 0 bridgehead atoms. The highest BCUT2D eigenvalue weighted by atomic mass is 16.2. The molecule has 2 aliphatic rings. The zero-order valence-electron chi connectivity index (χ0n) is 16.5. The van der Waals surface area contributed by atoms with Crippen LogP contribution in [0.25, 0.3) is 0 Å². The minimum absolute atomic E-state index is 0.0211. The SMILES string of the molecule is O=C(NCc1ccc(Cn2cccn2)cc1)c1ccc2c(c1)NC(=O)[C@H]1CCCN21. The topological polar surface area (TPSA) is 79.3 Å². The highest BCUT2D eigenvalue weighted by molar-refractivity contribution is 6.06. The number of nitrogens with one attached hydrogen (secondary N) is 2. The van der Waals surface area contributed by atoms with Crippen molar-refractivity contribution < 1.29 is 9.59 Å². The molecular weight excluding hydrogens is 378 g/mol. The largest absolute Gasteiger partial charge is 0.358 e. The van der Waals surface area contributed by atoms with E-state index in [-0.39, 0.29) is 17.9 Å². The molecule has 1 aromatic heterocycles. The lowest BCUT2D eigenvalue weighted by atomic mass is 10.1. The first-order valence-electron chi connectivity index (χ1n) is 10.2. The van der Waals surface area contributed by atoms with Gasteiger partial charge in [0.25, 0.3) is 5.91 Å². The Kier molecular flexibility index (Phi) is 4.71. The molecular formula is C23H23N5O2. The number of amides is 2. The lowest BCUT2D eigenvalue weighted by molar-refractivity contribution is -0.117. The number of carbonyl (C=O) groups excluding carboxylic acids is 2. The van der Waals surface area contributed by atoms with Crippen LogP contribution >= 0.6 is 0 Å². The van der Waals surface area contributed by atoms with Crippen LogP contribution in [0.1, 0.15) is 34.3 Å². The third-order valence-electron chi connectivity index (χ3n) is 5.76. The second-order valence-electron chi connectivity index (χ2n) is 7.78. The Morgan fingerprint density at radius 1 is 1.17 bits per heavy atom. The number of benzene rings is 2. The second-order valence-corrected chi connectivity index (χ2v) is 7.78. The quantitative estimate of drug-likeness (QED) is 0.689. The van der Waals surface area contributed by atoms with Crippen molar-refractivity contribution >= 4 is 23.2 Å². The smallest absolute Gasteiger partial charge is 0.251 e. The molecule has 1 atom stereocenters. The summed E-state index contributed by atoms with van der Waals surface area (Å²) in [4.78, 5) is 27.1. The number of fused-ring (bicyclic) bond motifs is 3. The third-order valence-corrected chi connectivity index (χ3v) is 5.76. The van der Waals surface area contributed by atoms with Gasteiger partial charge in [0.2, 0.25) is 5.91 Å². The van der Waals surface area contributed by atoms with Crippen LogP contribution in [0.4, 0.5) is 11.4 Å². The molecule has 2 N–H and O–H groups in total. The maximum atomic E-state index is 12.6. The van der Waals surface area contributed by atoms with Crippen LogP contribution in [-0.4, -0.2) is 34.2 Å². The Morgan fingerprint density at radius 3 is 2.80 bits per heavy atom. The van der Waals surface area contributed by atoms with Crippen molar-refractivity contribution in [2.24, 2.45) is 0 Å². The van der Waals surface area contributed by atoms with Crippen LogP contribution in [0.15, 0.2) is 60.9 Å². The van der Waals surface area contributed by atoms with Crippen molar-refractivity contribution in [2.45, 2.75) is 32.0 Å². The first kappa shape index (κ1) is 18.4. The summed E-state index contributed by atoms with van der Waals surface area (Å²) in [5.41, 5.74) is 4.44. The van der Waals surface area contributed by atoms with E-state index in [4.69, 9.17) is 0 Å². The predicted molar refractivity (Wildman–Crippen MR) is 114 cm³/mol. The molecule has 0 radical (unpaired) electrons. The van der Waals surface area contributed by atoms with E-state index < -0.39 is 0 Å². The molecule has 1 saturated heterocycles. The number of carbonyl (C=O) groups is 2. The minimum atomic E-state index is -0.156. The van der Waals surface area contributed by atoms with Crippen molar-refractivity contribution in [3.63, 3.8) is 0 Å². The maximum Gasteiger partial charge on any atom is 0.251 e. The number of hydrogen-bond acceptors (Lipinski definition) is 4. The highest BCUT2D eigenvalue weighted by Crippen LogP contribution is 2.37. The maximum absolute atomic E-state index is 12.6. The van der Waals surface area contributed by atoms with Crippen LogP contribution in [0, 0.1) is 0 Å². The average Bonchev–Trinajstić information content (AvgIpc) is 3.45. The normalized spacial score (nSPS) is 17.3. The number of aromatic nitrogens is 2. The van der Waals surface area contributed by atoms with E-state index in [2.05, 4.69) is 20.6 Å². The van der Waals surface area contributed by atoms with Crippen molar-refractivity contribution in [3.05, 3.63) is 77.6 Å². The van der Waals surface area contributed by atoms with Crippen LogP contribution < -0.4 is 15.5 Å². The highest BCUT2D eigenvalue weighted by Gasteiger charge is 2.36. The number of hydrogen-bond donors (Lipinski definition) is 2. The van der Waals surface area contributed by atoms with Crippen molar-refractivity contribution in [1.82, 2.24) is 15.1 Å². The number of anilines is 2. The van der Waals surface area contributed by atoms with E-state index in [0.717, 1.165) is 42.7 Å². The summed E-state index contributed by atoms with van der Waals surface area (Å²) in [5.74, 6) is -0.135. The van der Waals surface area contributed by atoms with E-state index in [9.17, 15) is 9.59 Å². The lowest BCUT2D eigenvalue weighted by Gasteiger charge is -2.33. The number of rotatable bonds is 5. The van der Waals surface area contributed by atoms with Crippen LogP contribution in [0.5, 0.6) is 0 Å². The Morgan fingerprint density at radius 2 is 2.00 bits per heavy atom. The Bertz CT molecular complexity index is 1080. The molecule has 3 aromatic rings. The average molecular weight is 401 g/mol. The van der Waals surface area contributed by atoms with Crippen LogP contribution in [0.2, 0.25) is 0 Å². The molecule has 0 saturated carbocycles. The first-order chi connectivity index (χ1) is 14.7. The second kappa shape index (κ2) is 7.67. The molecule has 1 fully saturated rings. The van der Waals surface area contributed by atoms with Gasteiger partial charge >= 0.3 is 0 Å². The van der Waals surface area contributed by atoms with E-state index in [1.54, 1.807) is 12.3 Å². The van der Waals surface area contributed by atoms with E-state index in [1.807, 2.05) is 53.3 Å². The molecule has 7 nitrogen and oxygen atoms in total. The molecule has 2 amide bonds. The molecule has 30 heavy (non-hydrogen) atoms. The molecule has 0 aliphatic carbocycles. The molecule has 7 heteroatoms. The van der Waals surface area contributed by atoms with Gasteiger partial charge in [0.1, 0.15) is 6.04 Å². The Balaban J connectivity index is 1.23. The fraction of sp³-hybridized carbons (Fsp3) is 0.261.